The summed E-state index contributed by atoms with van der Waals surface area (Å²) in [4.78, 5) is 10.3. The minimum Gasteiger partial charge on any atom is -0.295 e. The second-order valence-electron chi connectivity index (χ2n) is 2.18. The van der Waals surface area contributed by atoms with Crippen LogP contribution in [0.25, 0.3) is 0 Å². The Kier molecular flexibility index (Phi) is 23.7. The van der Waals surface area contributed by atoms with Gasteiger partial charge in [0.2, 0.25) is 0 Å². The molecular formula is C13H24O. The molecule has 14 heavy (non-hydrogen) atoms. The molecule has 0 spiro atoms. The van der Waals surface area contributed by atoms with Gasteiger partial charge in [-0.15, -0.1) is 0 Å². The van der Waals surface area contributed by atoms with E-state index in [1.54, 1.807) is 12.2 Å². The number of carbonyl (C=O) groups excluding carboxylic acids is 1. The lowest BCUT2D eigenvalue weighted by atomic mass is 10.3. The van der Waals surface area contributed by atoms with Crippen LogP contribution in [0.2, 0.25) is 0 Å². The van der Waals surface area contributed by atoms with Crippen molar-refractivity contribution < 1.29 is 4.79 Å². The lowest BCUT2D eigenvalue weighted by Gasteiger charge is -1.79. The molecule has 0 atom stereocenters. The molecule has 0 bridgehead atoms. The Labute approximate surface area is 89.2 Å². The topological polar surface area (TPSA) is 17.1 Å². The van der Waals surface area contributed by atoms with Gasteiger partial charge in [0.25, 0.3) is 0 Å². The van der Waals surface area contributed by atoms with Crippen LogP contribution in [-0.4, -0.2) is 5.78 Å². The fraction of sp³-hybridized carbons (Fsp3) is 0.462. The molecule has 0 heterocycles. The molecule has 0 radical (unpaired) electrons. The summed E-state index contributed by atoms with van der Waals surface area (Å²) in [6.45, 7) is 15.1. The van der Waals surface area contributed by atoms with Crippen LogP contribution >= 0.6 is 0 Å². The maximum Gasteiger partial charge on any atom is 0.152 e. The fourth-order valence-corrected chi connectivity index (χ4v) is 0.411. The number of allylic oxidation sites excluding steroid dienone is 5. The number of rotatable bonds is 3. The first-order valence-electron chi connectivity index (χ1n) is 5.14. The minimum absolute atomic E-state index is 0.0614. The number of ketones is 1. The molecule has 0 aromatic carbocycles. The van der Waals surface area contributed by atoms with Crippen molar-refractivity contribution in [2.45, 2.75) is 41.5 Å². The van der Waals surface area contributed by atoms with Crippen LogP contribution in [-0.2, 0) is 4.79 Å². The molecule has 1 nitrogen and oxygen atoms in total. The first-order valence-corrected chi connectivity index (χ1v) is 5.14. The molecule has 0 aliphatic heterocycles. The monoisotopic (exact) mass is 196 g/mol. The van der Waals surface area contributed by atoms with Crippen molar-refractivity contribution in [1.29, 1.82) is 0 Å². The molecule has 0 aromatic rings. The Balaban J connectivity index is -0.000000266. The van der Waals surface area contributed by atoms with Gasteiger partial charge < -0.3 is 0 Å². The standard InChI is InChI=1S/C9H12O.2C2H6/c1-8(2)6-4-5-7-9(3)10;2*1-2/h4-7H,1H2,2-3H3;2*1-2H3/b6-4-,7-5+;;. The molecule has 0 aliphatic rings. The van der Waals surface area contributed by atoms with Crippen LogP contribution in [0, 0.1) is 0 Å². The summed E-state index contributed by atoms with van der Waals surface area (Å²) >= 11 is 0. The molecule has 0 fully saturated rings. The summed E-state index contributed by atoms with van der Waals surface area (Å²) in [5, 5.41) is 0. The average Bonchev–Trinajstić information content (AvgIpc) is 2.18. The van der Waals surface area contributed by atoms with Gasteiger partial charge in [0, 0.05) is 0 Å². The summed E-state index contributed by atoms with van der Waals surface area (Å²) in [6.07, 6.45) is 6.86. The zero-order chi connectivity index (χ0) is 12.0. The molecule has 0 rings (SSSR count). The van der Waals surface area contributed by atoms with Gasteiger partial charge in [-0.1, -0.05) is 58.1 Å². The number of hydrogen-bond acceptors (Lipinski definition) is 1. The maximum atomic E-state index is 10.3. The summed E-state index contributed by atoms with van der Waals surface area (Å²) in [5.41, 5.74) is 0.980. The van der Waals surface area contributed by atoms with Gasteiger partial charge in [-0.2, -0.15) is 0 Å². The zero-order valence-corrected chi connectivity index (χ0v) is 10.4. The smallest absolute Gasteiger partial charge is 0.152 e. The van der Waals surface area contributed by atoms with E-state index >= 15 is 0 Å². The minimum atomic E-state index is 0.0614. The first-order chi connectivity index (χ1) is 6.63. The Hall–Kier alpha value is -1.11. The van der Waals surface area contributed by atoms with Crippen molar-refractivity contribution in [3.8, 4) is 0 Å². The van der Waals surface area contributed by atoms with Crippen molar-refractivity contribution >= 4 is 5.78 Å². The van der Waals surface area contributed by atoms with E-state index in [2.05, 4.69) is 6.58 Å². The zero-order valence-electron chi connectivity index (χ0n) is 10.4. The first kappa shape index (κ1) is 18.6. The summed E-state index contributed by atoms with van der Waals surface area (Å²) < 4.78 is 0. The predicted molar refractivity (Wildman–Crippen MR) is 66.5 cm³/mol. The van der Waals surface area contributed by atoms with E-state index in [4.69, 9.17) is 0 Å². The van der Waals surface area contributed by atoms with Crippen molar-refractivity contribution in [1.82, 2.24) is 0 Å². The lowest BCUT2D eigenvalue weighted by molar-refractivity contribution is -0.112. The van der Waals surface area contributed by atoms with E-state index in [-0.39, 0.29) is 5.78 Å². The highest BCUT2D eigenvalue weighted by Crippen LogP contribution is 1.88. The highest BCUT2D eigenvalue weighted by Gasteiger charge is 1.76. The SMILES string of the molecule is C=C(C)/C=C\C=C\C(C)=O.CC.CC. The third kappa shape index (κ3) is 30.7. The van der Waals surface area contributed by atoms with Crippen LogP contribution in [0.3, 0.4) is 0 Å². The third-order valence-corrected chi connectivity index (χ3v) is 0.823. The van der Waals surface area contributed by atoms with Crippen molar-refractivity contribution in [3.63, 3.8) is 0 Å². The van der Waals surface area contributed by atoms with E-state index in [9.17, 15) is 4.79 Å². The molecular weight excluding hydrogens is 172 g/mol. The molecule has 82 valence electrons. The van der Waals surface area contributed by atoms with E-state index in [0.29, 0.717) is 0 Å². The van der Waals surface area contributed by atoms with Crippen molar-refractivity contribution in [3.05, 3.63) is 36.5 Å². The highest BCUT2D eigenvalue weighted by molar-refractivity contribution is 5.87. The van der Waals surface area contributed by atoms with Crippen LogP contribution < -0.4 is 0 Å². The quantitative estimate of drug-likeness (QED) is 0.485. The number of hydrogen-bond donors (Lipinski definition) is 0. The Morgan fingerprint density at radius 3 is 1.57 bits per heavy atom. The van der Waals surface area contributed by atoms with E-state index in [0.717, 1.165) is 5.57 Å². The number of carbonyl (C=O) groups is 1. The fourth-order valence-electron chi connectivity index (χ4n) is 0.411. The predicted octanol–water partition coefficient (Wildman–Crippen LogP) is 4.32. The summed E-state index contributed by atoms with van der Waals surface area (Å²) in [7, 11) is 0. The normalized spacial score (nSPS) is 8.71. The van der Waals surface area contributed by atoms with Crippen LogP contribution in [0.5, 0.6) is 0 Å². The molecule has 1 heteroatoms. The van der Waals surface area contributed by atoms with Gasteiger partial charge in [-0.3, -0.25) is 4.79 Å². The van der Waals surface area contributed by atoms with E-state index in [1.807, 2.05) is 40.7 Å². The van der Waals surface area contributed by atoms with Gasteiger partial charge in [-0.05, 0) is 19.9 Å². The molecule has 0 amide bonds. The summed E-state index contributed by atoms with van der Waals surface area (Å²) in [5.74, 6) is 0.0614. The Morgan fingerprint density at radius 1 is 0.929 bits per heavy atom. The van der Waals surface area contributed by atoms with Crippen molar-refractivity contribution in [2.75, 3.05) is 0 Å². The van der Waals surface area contributed by atoms with Gasteiger partial charge in [0.05, 0.1) is 0 Å². The molecule has 0 aliphatic carbocycles. The van der Waals surface area contributed by atoms with Crippen molar-refractivity contribution in [2.24, 2.45) is 0 Å². The second kappa shape index (κ2) is 17.8. The van der Waals surface area contributed by atoms with Gasteiger partial charge in [0.1, 0.15) is 0 Å². The summed E-state index contributed by atoms with van der Waals surface area (Å²) in [6, 6.07) is 0. The average molecular weight is 196 g/mol. The van der Waals surface area contributed by atoms with Crippen LogP contribution in [0.1, 0.15) is 41.5 Å². The van der Waals surface area contributed by atoms with E-state index < -0.39 is 0 Å². The molecule has 0 saturated heterocycles. The Bertz CT molecular complexity index is 163. The van der Waals surface area contributed by atoms with Crippen LogP contribution in [0.4, 0.5) is 0 Å². The van der Waals surface area contributed by atoms with Gasteiger partial charge in [-0.25, -0.2) is 0 Å². The van der Waals surface area contributed by atoms with Gasteiger partial charge >= 0.3 is 0 Å². The third-order valence-electron chi connectivity index (χ3n) is 0.823. The van der Waals surface area contributed by atoms with Gasteiger partial charge in [0.15, 0.2) is 5.78 Å². The van der Waals surface area contributed by atoms with Crippen LogP contribution in [0.15, 0.2) is 36.5 Å². The molecule has 0 unspecified atom stereocenters. The highest BCUT2D eigenvalue weighted by atomic mass is 16.1. The Morgan fingerprint density at radius 2 is 1.29 bits per heavy atom. The molecule has 0 aromatic heterocycles. The van der Waals surface area contributed by atoms with E-state index in [1.165, 1.54) is 13.0 Å². The maximum absolute atomic E-state index is 10.3. The molecule has 0 N–H and O–H groups in total. The lowest BCUT2D eigenvalue weighted by Crippen LogP contribution is -1.77. The molecule has 0 saturated carbocycles. The largest absolute Gasteiger partial charge is 0.295 e. The second-order valence-corrected chi connectivity index (χ2v) is 2.18.